The van der Waals surface area contributed by atoms with Gasteiger partial charge in [0.25, 0.3) is 0 Å². The van der Waals surface area contributed by atoms with E-state index in [1.807, 2.05) is 17.2 Å². The van der Waals surface area contributed by atoms with Crippen molar-refractivity contribution in [2.45, 2.75) is 12.6 Å². The largest absolute Gasteiger partial charge is 0.366 e. The van der Waals surface area contributed by atoms with Crippen LogP contribution in [0.3, 0.4) is 0 Å². The highest BCUT2D eigenvalue weighted by Gasteiger charge is 2.35. The zero-order valence-corrected chi connectivity index (χ0v) is 10.2. The summed E-state index contributed by atoms with van der Waals surface area (Å²) in [6, 6.07) is 2.28. The summed E-state index contributed by atoms with van der Waals surface area (Å²) in [5, 5.41) is 2.88. The van der Waals surface area contributed by atoms with Crippen LogP contribution >= 0.6 is 0 Å². The summed E-state index contributed by atoms with van der Waals surface area (Å²) in [5.41, 5.74) is 7.96. The molecule has 2 saturated heterocycles. The second-order valence-corrected chi connectivity index (χ2v) is 4.69. The summed E-state index contributed by atoms with van der Waals surface area (Å²) in [6.07, 6.45) is 3.63. The van der Waals surface area contributed by atoms with Gasteiger partial charge in [-0.2, -0.15) is 0 Å². The molecule has 1 aromatic heterocycles. The van der Waals surface area contributed by atoms with Crippen LogP contribution in [-0.2, 0) is 6.54 Å². The molecule has 0 bridgehead atoms. The first kappa shape index (κ1) is 11.3. The molecular weight excluding hydrogens is 230 g/mol. The molecule has 6 heteroatoms. The van der Waals surface area contributed by atoms with Crippen LogP contribution in [0.5, 0.6) is 0 Å². The first-order chi connectivity index (χ1) is 8.79. The van der Waals surface area contributed by atoms with Crippen molar-refractivity contribution in [3.05, 3.63) is 24.0 Å². The highest BCUT2D eigenvalue weighted by atomic mass is 16.2. The maximum absolute atomic E-state index is 11.5. The van der Waals surface area contributed by atoms with Gasteiger partial charge in [0, 0.05) is 38.9 Å². The van der Waals surface area contributed by atoms with Crippen molar-refractivity contribution in [2.24, 2.45) is 5.73 Å². The lowest BCUT2D eigenvalue weighted by Crippen LogP contribution is -2.52. The molecule has 3 rings (SSSR count). The number of rotatable bonds is 2. The standard InChI is InChI=1S/C12H17N5O/c13-5-9-1-2-14-7-11(9)16-3-4-17-10(8-16)6-15-12(17)18/h1-2,7,10H,3-6,8,13H2,(H,15,18). The molecule has 3 N–H and O–H groups in total. The first-order valence-electron chi connectivity index (χ1n) is 6.22. The number of amides is 2. The topological polar surface area (TPSA) is 74.5 Å². The van der Waals surface area contributed by atoms with Crippen molar-refractivity contribution >= 4 is 11.7 Å². The fourth-order valence-electron chi connectivity index (χ4n) is 2.70. The number of aromatic nitrogens is 1. The van der Waals surface area contributed by atoms with Gasteiger partial charge in [0.15, 0.2) is 0 Å². The van der Waals surface area contributed by atoms with Gasteiger partial charge in [-0.3, -0.25) is 4.98 Å². The molecule has 18 heavy (non-hydrogen) atoms. The van der Waals surface area contributed by atoms with Crippen LogP contribution in [0.4, 0.5) is 10.5 Å². The SMILES string of the molecule is NCc1ccncc1N1CCN2C(=O)NCC2C1. The van der Waals surface area contributed by atoms with Crippen LogP contribution in [0.25, 0.3) is 0 Å². The maximum Gasteiger partial charge on any atom is 0.317 e. The molecule has 0 aliphatic carbocycles. The minimum Gasteiger partial charge on any atom is -0.366 e. The molecule has 2 aliphatic heterocycles. The van der Waals surface area contributed by atoms with Gasteiger partial charge in [-0.1, -0.05) is 0 Å². The van der Waals surface area contributed by atoms with E-state index >= 15 is 0 Å². The van der Waals surface area contributed by atoms with Gasteiger partial charge in [-0.05, 0) is 11.6 Å². The van der Waals surface area contributed by atoms with Crippen molar-refractivity contribution in [1.82, 2.24) is 15.2 Å². The summed E-state index contributed by atoms with van der Waals surface area (Å²) in [6.45, 7) is 3.68. The Kier molecular flexibility index (Phi) is 2.79. The fourth-order valence-corrected chi connectivity index (χ4v) is 2.70. The monoisotopic (exact) mass is 247 g/mol. The summed E-state index contributed by atoms with van der Waals surface area (Å²) in [5.74, 6) is 0. The zero-order chi connectivity index (χ0) is 12.5. The van der Waals surface area contributed by atoms with E-state index in [1.165, 1.54) is 0 Å². The van der Waals surface area contributed by atoms with Gasteiger partial charge in [-0.15, -0.1) is 0 Å². The van der Waals surface area contributed by atoms with E-state index in [-0.39, 0.29) is 12.1 Å². The molecule has 6 nitrogen and oxygen atoms in total. The molecule has 2 amide bonds. The number of carbonyl (C=O) groups excluding carboxylic acids is 1. The zero-order valence-electron chi connectivity index (χ0n) is 10.2. The molecule has 0 radical (unpaired) electrons. The van der Waals surface area contributed by atoms with Crippen LogP contribution in [0.1, 0.15) is 5.56 Å². The van der Waals surface area contributed by atoms with Crippen LogP contribution < -0.4 is 16.0 Å². The number of piperazine rings is 1. The van der Waals surface area contributed by atoms with E-state index in [2.05, 4.69) is 15.2 Å². The molecule has 1 unspecified atom stereocenters. The third-order valence-corrected chi connectivity index (χ3v) is 3.68. The van der Waals surface area contributed by atoms with Gasteiger partial charge < -0.3 is 20.9 Å². The number of nitrogens with zero attached hydrogens (tertiary/aromatic N) is 3. The van der Waals surface area contributed by atoms with Gasteiger partial charge in [0.1, 0.15) is 0 Å². The summed E-state index contributed by atoms with van der Waals surface area (Å²) < 4.78 is 0. The summed E-state index contributed by atoms with van der Waals surface area (Å²) in [4.78, 5) is 19.9. The van der Waals surface area contributed by atoms with Gasteiger partial charge >= 0.3 is 6.03 Å². The molecule has 0 aromatic carbocycles. The van der Waals surface area contributed by atoms with Crippen molar-refractivity contribution < 1.29 is 4.79 Å². The van der Waals surface area contributed by atoms with Gasteiger partial charge in [0.05, 0.1) is 17.9 Å². The van der Waals surface area contributed by atoms with E-state index in [9.17, 15) is 4.79 Å². The Bertz CT molecular complexity index is 464. The van der Waals surface area contributed by atoms with Crippen molar-refractivity contribution in [3.63, 3.8) is 0 Å². The molecule has 96 valence electrons. The van der Waals surface area contributed by atoms with Crippen LogP contribution in [0.2, 0.25) is 0 Å². The minimum absolute atomic E-state index is 0.0601. The molecule has 0 saturated carbocycles. The lowest BCUT2D eigenvalue weighted by atomic mass is 10.1. The highest BCUT2D eigenvalue weighted by molar-refractivity contribution is 5.77. The number of carbonyl (C=O) groups is 1. The van der Waals surface area contributed by atoms with Crippen molar-refractivity contribution in [3.8, 4) is 0 Å². The van der Waals surface area contributed by atoms with Crippen LogP contribution in [0, 0.1) is 0 Å². The lowest BCUT2D eigenvalue weighted by Gasteiger charge is -2.38. The molecule has 0 spiro atoms. The number of nitrogens with two attached hydrogens (primary N) is 1. The molecule has 3 heterocycles. The molecular formula is C12H17N5O. The Morgan fingerprint density at radius 1 is 1.50 bits per heavy atom. The van der Waals surface area contributed by atoms with E-state index in [0.29, 0.717) is 6.54 Å². The van der Waals surface area contributed by atoms with Gasteiger partial charge in [-0.25, -0.2) is 4.79 Å². The summed E-state index contributed by atoms with van der Waals surface area (Å²) in [7, 11) is 0. The first-order valence-corrected chi connectivity index (χ1v) is 6.22. The predicted molar refractivity (Wildman–Crippen MR) is 68.2 cm³/mol. The Hall–Kier alpha value is -1.82. The Morgan fingerprint density at radius 3 is 3.22 bits per heavy atom. The summed E-state index contributed by atoms with van der Waals surface area (Å²) >= 11 is 0. The Morgan fingerprint density at radius 2 is 2.39 bits per heavy atom. The highest BCUT2D eigenvalue weighted by Crippen LogP contribution is 2.23. The molecule has 2 aliphatic rings. The molecule has 1 aromatic rings. The smallest absolute Gasteiger partial charge is 0.317 e. The number of anilines is 1. The Balaban J connectivity index is 1.80. The maximum atomic E-state index is 11.5. The van der Waals surface area contributed by atoms with Crippen molar-refractivity contribution in [2.75, 3.05) is 31.1 Å². The van der Waals surface area contributed by atoms with E-state index in [0.717, 1.165) is 37.4 Å². The molecule has 1 atom stereocenters. The second-order valence-electron chi connectivity index (χ2n) is 4.69. The average Bonchev–Trinajstić information content (AvgIpc) is 2.80. The minimum atomic E-state index is 0.0601. The van der Waals surface area contributed by atoms with E-state index in [1.54, 1.807) is 6.20 Å². The number of hydrogen-bond acceptors (Lipinski definition) is 4. The third kappa shape index (κ3) is 1.78. The molecule has 2 fully saturated rings. The van der Waals surface area contributed by atoms with Crippen molar-refractivity contribution in [1.29, 1.82) is 0 Å². The van der Waals surface area contributed by atoms with E-state index in [4.69, 9.17) is 5.73 Å². The Labute approximate surface area is 106 Å². The number of pyridine rings is 1. The fraction of sp³-hybridized carbons (Fsp3) is 0.500. The number of nitrogens with one attached hydrogen (secondary N) is 1. The quantitative estimate of drug-likeness (QED) is 0.756. The second kappa shape index (κ2) is 4.45. The normalized spacial score (nSPS) is 22.9. The van der Waals surface area contributed by atoms with Crippen LogP contribution in [0.15, 0.2) is 18.5 Å². The lowest BCUT2D eigenvalue weighted by molar-refractivity contribution is 0.197. The van der Waals surface area contributed by atoms with Crippen LogP contribution in [-0.4, -0.2) is 48.1 Å². The van der Waals surface area contributed by atoms with E-state index < -0.39 is 0 Å². The number of urea groups is 1. The third-order valence-electron chi connectivity index (χ3n) is 3.68. The number of hydrogen-bond donors (Lipinski definition) is 2. The number of fused-ring (bicyclic) bond motifs is 1. The van der Waals surface area contributed by atoms with Gasteiger partial charge in [0.2, 0.25) is 0 Å². The average molecular weight is 247 g/mol. The predicted octanol–water partition coefficient (Wildman–Crippen LogP) is -0.246.